The fourth-order valence-electron chi connectivity index (χ4n) is 3.39. The largest absolute Gasteiger partial charge is 0.372 e. The maximum atomic E-state index is 13.3. The number of benzene rings is 2. The van der Waals surface area contributed by atoms with Gasteiger partial charge < -0.3 is 15.0 Å². The van der Waals surface area contributed by atoms with E-state index in [4.69, 9.17) is 4.74 Å². The van der Waals surface area contributed by atoms with Gasteiger partial charge in [0, 0.05) is 25.2 Å². The first-order valence-electron chi connectivity index (χ1n) is 9.56. The second kappa shape index (κ2) is 9.50. The zero-order valence-corrected chi connectivity index (χ0v) is 18.0. The van der Waals surface area contributed by atoms with Gasteiger partial charge >= 0.3 is 0 Å². The Kier molecular flexibility index (Phi) is 7.03. The highest BCUT2D eigenvalue weighted by Crippen LogP contribution is 2.17. The van der Waals surface area contributed by atoms with Crippen LogP contribution in [0.1, 0.15) is 35.3 Å². The highest BCUT2D eigenvalue weighted by molar-refractivity contribution is 9.10. The number of rotatable bonds is 5. The summed E-state index contributed by atoms with van der Waals surface area (Å²) in [7, 11) is 0. The summed E-state index contributed by atoms with van der Waals surface area (Å²) in [6.45, 7) is 5.46. The Morgan fingerprint density at radius 2 is 1.72 bits per heavy atom. The Bertz CT molecular complexity index is 878. The van der Waals surface area contributed by atoms with Crippen molar-refractivity contribution in [2.24, 2.45) is 0 Å². The van der Waals surface area contributed by atoms with Crippen LogP contribution in [0.15, 0.2) is 46.9 Å². The van der Waals surface area contributed by atoms with Gasteiger partial charge in [-0.2, -0.15) is 0 Å². The second-order valence-corrected chi connectivity index (χ2v) is 8.22. The van der Waals surface area contributed by atoms with Crippen LogP contribution in [-0.2, 0) is 22.5 Å². The topological polar surface area (TPSA) is 58.6 Å². The number of amides is 2. The first-order chi connectivity index (χ1) is 13.8. The molecule has 1 saturated heterocycles. The molecule has 1 aliphatic rings. The van der Waals surface area contributed by atoms with Gasteiger partial charge in [0.05, 0.1) is 23.1 Å². The maximum absolute atomic E-state index is 13.3. The molecule has 29 heavy (non-hydrogen) atoms. The third-order valence-corrected chi connectivity index (χ3v) is 5.35. The zero-order valence-electron chi connectivity index (χ0n) is 16.5. The maximum Gasteiger partial charge on any atom is 0.254 e. The second-order valence-electron chi connectivity index (χ2n) is 7.37. The molecular formula is C22H24BrFN2O3. The van der Waals surface area contributed by atoms with Crippen molar-refractivity contribution in [3.8, 4) is 0 Å². The van der Waals surface area contributed by atoms with Crippen LogP contribution < -0.4 is 5.32 Å². The highest BCUT2D eigenvalue weighted by Gasteiger charge is 2.26. The molecule has 0 radical (unpaired) electrons. The summed E-state index contributed by atoms with van der Waals surface area (Å²) in [5.41, 5.74) is 2.25. The van der Waals surface area contributed by atoms with E-state index in [0.29, 0.717) is 29.7 Å². The van der Waals surface area contributed by atoms with Crippen molar-refractivity contribution in [3.63, 3.8) is 0 Å². The number of nitrogens with one attached hydrogen (secondary N) is 1. The number of nitrogens with zero attached hydrogens (tertiary/aromatic N) is 1. The minimum Gasteiger partial charge on any atom is -0.372 e. The summed E-state index contributed by atoms with van der Waals surface area (Å²) in [5, 5.41) is 2.85. The van der Waals surface area contributed by atoms with Crippen LogP contribution >= 0.6 is 15.9 Å². The van der Waals surface area contributed by atoms with Crippen molar-refractivity contribution < 1.29 is 18.7 Å². The predicted octanol–water partition coefficient (Wildman–Crippen LogP) is 3.70. The SMILES string of the molecule is CC1CN(C(=O)c2ccc(CNC(=O)Cc3ccc(F)c(Br)c3)cc2)CC(C)O1. The lowest BCUT2D eigenvalue weighted by atomic mass is 10.1. The van der Waals surface area contributed by atoms with Gasteiger partial charge in [-0.05, 0) is 65.2 Å². The molecule has 154 valence electrons. The van der Waals surface area contributed by atoms with Gasteiger partial charge in [0.25, 0.3) is 5.91 Å². The predicted molar refractivity (Wildman–Crippen MR) is 112 cm³/mol. The van der Waals surface area contributed by atoms with E-state index in [-0.39, 0.29) is 36.3 Å². The fourth-order valence-corrected chi connectivity index (χ4v) is 3.82. The lowest BCUT2D eigenvalue weighted by Crippen LogP contribution is -2.48. The molecule has 1 heterocycles. The summed E-state index contributed by atoms with van der Waals surface area (Å²) in [6, 6.07) is 11.8. The smallest absolute Gasteiger partial charge is 0.254 e. The normalized spacial score (nSPS) is 19.1. The van der Waals surface area contributed by atoms with Crippen molar-refractivity contribution in [3.05, 3.63) is 69.4 Å². The lowest BCUT2D eigenvalue weighted by molar-refractivity contribution is -0.120. The first kappa shape index (κ1) is 21.5. The Hall–Kier alpha value is -2.25. The summed E-state index contributed by atoms with van der Waals surface area (Å²) in [5.74, 6) is -0.519. The molecule has 2 amide bonds. The van der Waals surface area contributed by atoms with E-state index >= 15 is 0 Å². The van der Waals surface area contributed by atoms with E-state index < -0.39 is 0 Å². The van der Waals surface area contributed by atoms with E-state index in [1.54, 1.807) is 24.3 Å². The summed E-state index contributed by atoms with van der Waals surface area (Å²) in [4.78, 5) is 26.6. The van der Waals surface area contributed by atoms with Crippen LogP contribution in [0.5, 0.6) is 0 Å². The Balaban J connectivity index is 1.53. The van der Waals surface area contributed by atoms with E-state index in [0.717, 1.165) is 11.1 Å². The van der Waals surface area contributed by atoms with E-state index in [9.17, 15) is 14.0 Å². The molecule has 2 atom stereocenters. The third kappa shape index (κ3) is 5.87. The molecule has 7 heteroatoms. The third-order valence-electron chi connectivity index (χ3n) is 4.75. The summed E-state index contributed by atoms with van der Waals surface area (Å²) >= 11 is 3.12. The van der Waals surface area contributed by atoms with Crippen molar-refractivity contribution >= 4 is 27.7 Å². The van der Waals surface area contributed by atoms with Gasteiger partial charge in [-0.1, -0.05) is 18.2 Å². The van der Waals surface area contributed by atoms with Crippen LogP contribution in [0.25, 0.3) is 0 Å². The molecule has 0 aromatic heterocycles. The number of carbonyl (C=O) groups excluding carboxylic acids is 2. The molecule has 1 fully saturated rings. The Labute approximate surface area is 178 Å². The quantitative estimate of drug-likeness (QED) is 0.736. The number of hydrogen-bond donors (Lipinski definition) is 1. The van der Waals surface area contributed by atoms with Crippen LogP contribution in [0.2, 0.25) is 0 Å². The minimum absolute atomic E-state index is 0.00975. The van der Waals surface area contributed by atoms with E-state index in [1.165, 1.54) is 6.07 Å². The average Bonchev–Trinajstić information content (AvgIpc) is 2.68. The molecule has 1 N–H and O–H groups in total. The molecule has 5 nitrogen and oxygen atoms in total. The molecule has 0 bridgehead atoms. The van der Waals surface area contributed by atoms with Gasteiger partial charge in [0.1, 0.15) is 5.82 Å². The van der Waals surface area contributed by atoms with E-state index in [2.05, 4.69) is 21.2 Å². The molecule has 3 rings (SSSR count). The molecule has 0 spiro atoms. The van der Waals surface area contributed by atoms with Gasteiger partial charge in [-0.25, -0.2) is 4.39 Å². The number of morpholine rings is 1. The van der Waals surface area contributed by atoms with Crippen LogP contribution in [0, 0.1) is 5.82 Å². The molecule has 1 aliphatic heterocycles. The average molecular weight is 463 g/mol. The molecule has 2 aromatic rings. The number of hydrogen-bond acceptors (Lipinski definition) is 3. The molecule has 0 aliphatic carbocycles. The molecule has 2 aromatic carbocycles. The lowest BCUT2D eigenvalue weighted by Gasteiger charge is -2.35. The van der Waals surface area contributed by atoms with Gasteiger partial charge in [-0.3, -0.25) is 9.59 Å². The van der Waals surface area contributed by atoms with Crippen molar-refractivity contribution in [2.75, 3.05) is 13.1 Å². The Morgan fingerprint density at radius 1 is 1.10 bits per heavy atom. The van der Waals surface area contributed by atoms with Gasteiger partial charge in [0.2, 0.25) is 5.91 Å². The first-order valence-corrected chi connectivity index (χ1v) is 10.4. The number of ether oxygens (including phenoxy) is 1. The zero-order chi connectivity index (χ0) is 21.0. The highest BCUT2D eigenvalue weighted by atomic mass is 79.9. The van der Waals surface area contributed by atoms with Crippen molar-refractivity contribution in [2.45, 2.75) is 39.0 Å². The van der Waals surface area contributed by atoms with Gasteiger partial charge in [-0.15, -0.1) is 0 Å². The number of halogens is 2. The van der Waals surface area contributed by atoms with Crippen LogP contribution in [-0.4, -0.2) is 42.0 Å². The van der Waals surface area contributed by atoms with Crippen molar-refractivity contribution in [1.29, 1.82) is 0 Å². The summed E-state index contributed by atoms with van der Waals surface area (Å²) in [6.07, 6.45) is 0.223. The van der Waals surface area contributed by atoms with Crippen molar-refractivity contribution in [1.82, 2.24) is 10.2 Å². The molecular weight excluding hydrogens is 439 g/mol. The molecule has 2 unspecified atom stereocenters. The van der Waals surface area contributed by atoms with Crippen LogP contribution in [0.4, 0.5) is 4.39 Å². The number of carbonyl (C=O) groups is 2. The Morgan fingerprint density at radius 3 is 2.34 bits per heavy atom. The van der Waals surface area contributed by atoms with Gasteiger partial charge in [0.15, 0.2) is 0 Å². The monoisotopic (exact) mass is 462 g/mol. The summed E-state index contributed by atoms with van der Waals surface area (Å²) < 4.78 is 19.3. The van der Waals surface area contributed by atoms with E-state index in [1.807, 2.05) is 30.9 Å². The fraction of sp³-hybridized carbons (Fsp3) is 0.364. The van der Waals surface area contributed by atoms with Crippen LogP contribution in [0.3, 0.4) is 0 Å². The standard InChI is InChI=1S/C22H24BrFN2O3/c1-14-12-26(13-15(2)29-14)22(28)18-6-3-16(4-7-18)11-25-21(27)10-17-5-8-20(24)19(23)9-17/h3-9,14-15H,10-13H2,1-2H3,(H,25,27). The molecule has 0 saturated carbocycles. The minimum atomic E-state index is -0.357.